The van der Waals surface area contributed by atoms with Crippen molar-refractivity contribution in [2.45, 2.75) is 44.7 Å². The monoisotopic (exact) mass is 360 g/mol. The number of amides is 1. The molecule has 1 amide bonds. The maximum absolute atomic E-state index is 12.3. The summed E-state index contributed by atoms with van der Waals surface area (Å²) in [6, 6.07) is 13.8. The van der Waals surface area contributed by atoms with Crippen LogP contribution >= 0.6 is 0 Å². The van der Waals surface area contributed by atoms with Gasteiger partial charge in [0, 0.05) is 18.2 Å². The molecule has 2 aromatic carbocycles. The molecule has 0 spiro atoms. The lowest BCUT2D eigenvalue weighted by Gasteiger charge is -2.13. The smallest absolute Gasteiger partial charge is 0.251 e. The SMILES string of the molecule is CCC(C)NS(=O)(=O)c1cccc(C(=O)NCc2ccc(C)cc2)c1. The average Bonchev–Trinajstić information content (AvgIpc) is 2.60. The average molecular weight is 360 g/mol. The van der Waals surface area contributed by atoms with Crippen molar-refractivity contribution >= 4 is 15.9 Å². The van der Waals surface area contributed by atoms with Gasteiger partial charge in [-0.05, 0) is 44.0 Å². The quantitative estimate of drug-likeness (QED) is 0.797. The van der Waals surface area contributed by atoms with Crippen LogP contribution in [0.25, 0.3) is 0 Å². The highest BCUT2D eigenvalue weighted by Crippen LogP contribution is 2.13. The molecule has 0 aliphatic rings. The van der Waals surface area contributed by atoms with E-state index < -0.39 is 10.0 Å². The number of hydrogen-bond acceptors (Lipinski definition) is 3. The molecule has 0 saturated heterocycles. The maximum atomic E-state index is 12.3. The second-order valence-electron chi connectivity index (χ2n) is 6.13. The molecule has 0 fully saturated rings. The van der Waals surface area contributed by atoms with E-state index in [2.05, 4.69) is 10.0 Å². The second kappa shape index (κ2) is 8.27. The van der Waals surface area contributed by atoms with Crippen molar-refractivity contribution < 1.29 is 13.2 Å². The fourth-order valence-electron chi connectivity index (χ4n) is 2.21. The summed E-state index contributed by atoms with van der Waals surface area (Å²) in [5, 5.41) is 2.81. The van der Waals surface area contributed by atoms with Crippen molar-refractivity contribution in [3.63, 3.8) is 0 Å². The summed E-state index contributed by atoms with van der Waals surface area (Å²) in [4.78, 5) is 12.4. The summed E-state index contributed by atoms with van der Waals surface area (Å²) in [5.74, 6) is -0.304. The first kappa shape index (κ1) is 19.1. The molecule has 6 heteroatoms. The van der Waals surface area contributed by atoms with Crippen LogP contribution in [-0.2, 0) is 16.6 Å². The summed E-state index contributed by atoms with van der Waals surface area (Å²) in [6.07, 6.45) is 0.690. The molecule has 0 aromatic heterocycles. The zero-order valence-electron chi connectivity index (χ0n) is 14.7. The molecular weight excluding hydrogens is 336 g/mol. The van der Waals surface area contributed by atoms with Crippen molar-refractivity contribution in [1.29, 1.82) is 0 Å². The summed E-state index contributed by atoms with van der Waals surface area (Å²) in [5.41, 5.74) is 2.46. The fraction of sp³-hybridized carbons (Fsp3) is 0.316. The molecule has 2 N–H and O–H groups in total. The van der Waals surface area contributed by atoms with Gasteiger partial charge in [0.15, 0.2) is 0 Å². The minimum absolute atomic E-state index is 0.0933. The molecular formula is C19H24N2O3S. The Hall–Kier alpha value is -2.18. The summed E-state index contributed by atoms with van der Waals surface area (Å²) >= 11 is 0. The van der Waals surface area contributed by atoms with Gasteiger partial charge in [-0.2, -0.15) is 0 Å². The van der Waals surface area contributed by atoms with E-state index in [9.17, 15) is 13.2 Å². The topological polar surface area (TPSA) is 75.3 Å². The maximum Gasteiger partial charge on any atom is 0.251 e. The lowest BCUT2D eigenvalue weighted by Crippen LogP contribution is -2.32. The molecule has 134 valence electrons. The molecule has 0 aliphatic carbocycles. The van der Waals surface area contributed by atoms with Gasteiger partial charge in [-0.3, -0.25) is 4.79 Å². The van der Waals surface area contributed by atoms with Crippen LogP contribution in [-0.4, -0.2) is 20.4 Å². The Morgan fingerprint density at radius 2 is 1.80 bits per heavy atom. The molecule has 2 aromatic rings. The van der Waals surface area contributed by atoms with Crippen LogP contribution in [0.1, 0.15) is 41.8 Å². The van der Waals surface area contributed by atoms with E-state index in [1.54, 1.807) is 19.1 Å². The van der Waals surface area contributed by atoms with E-state index in [4.69, 9.17) is 0 Å². The van der Waals surface area contributed by atoms with Gasteiger partial charge >= 0.3 is 0 Å². The molecule has 5 nitrogen and oxygen atoms in total. The molecule has 1 atom stereocenters. The first-order valence-electron chi connectivity index (χ1n) is 8.28. The fourth-order valence-corrected chi connectivity index (χ4v) is 3.58. The number of sulfonamides is 1. The van der Waals surface area contributed by atoms with Gasteiger partial charge in [0.25, 0.3) is 5.91 Å². The summed E-state index contributed by atoms with van der Waals surface area (Å²) < 4.78 is 27.3. The van der Waals surface area contributed by atoms with E-state index in [-0.39, 0.29) is 16.8 Å². The Kier molecular flexibility index (Phi) is 6.33. The zero-order chi connectivity index (χ0) is 18.4. The predicted octanol–water partition coefficient (Wildman–Crippen LogP) is 3.00. The molecule has 0 heterocycles. The van der Waals surface area contributed by atoms with E-state index in [0.29, 0.717) is 18.5 Å². The first-order chi connectivity index (χ1) is 11.8. The van der Waals surface area contributed by atoms with E-state index >= 15 is 0 Å². The van der Waals surface area contributed by atoms with Crippen LogP contribution in [0.3, 0.4) is 0 Å². The lowest BCUT2D eigenvalue weighted by atomic mass is 10.1. The normalized spacial score (nSPS) is 12.6. The Morgan fingerprint density at radius 3 is 2.44 bits per heavy atom. The van der Waals surface area contributed by atoms with Crippen LogP contribution in [0.4, 0.5) is 0 Å². The summed E-state index contributed by atoms with van der Waals surface area (Å²) in [6.45, 7) is 6.10. The molecule has 0 bridgehead atoms. The highest BCUT2D eigenvalue weighted by atomic mass is 32.2. The number of carbonyl (C=O) groups excluding carboxylic acids is 1. The zero-order valence-corrected chi connectivity index (χ0v) is 15.6. The summed E-state index contributed by atoms with van der Waals surface area (Å²) in [7, 11) is -3.63. The Labute approximate surface area is 149 Å². The van der Waals surface area contributed by atoms with Crippen LogP contribution in [0.15, 0.2) is 53.4 Å². The molecule has 0 saturated carbocycles. The molecule has 25 heavy (non-hydrogen) atoms. The number of carbonyl (C=O) groups is 1. The van der Waals surface area contributed by atoms with Crippen molar-refractivity contribution in [3.05, 3.63) is 65.2 Å². The lowest BCUT2D eigenvalue weighted by molar-refractivity contribution is 0.0950. The van der Waals surface area contributed by atoms with Gasteiger partial charge in [0.1, 0.15) is 0 Å². The molecule has 2 rings (SSSR count). The highest BCUT2D eigenvalue weighted by Gasteiger charge is 2.18. The van der Waals surface area contributed by atoms with Gasteiger partial charge in [0.05, 0.1) is 4.90 Å². The van der Waals surface area contributed by atoms with Gasteiger partial charge in [0.2, 0.25) is 10.0 Å². The predicted molar refractivity (Wildman–Crippen MR) is 98.9 cm³/mol. The second-order valence-corrected chi connectivity index (χ2v) is 7.84. The molecule has 0 aliphatic heterocycles. The van der Waals surface area contributed by atoms with Crippen molar-refractivity contribution in [2.24, 2.45) is 0 Å². The largest absolute Gasteiger partial charge is 0.348 e. The highest BCUT2D eigenvalue weighted by molar-refractivity contribution is 7.89. The molecule has 0 radical (unpaired) electrons. The minimum atomic E-state index is -3.63. The number of nitrogens with one attached hydrogen (secondary N) is 2. The van der Waals surface area contributed by atoms with Crippen molar-refractivity contribution in [3.8, 4) is 0 Å². The van der Waals surface area contributed by atoms with Crippen molar-refractivity contribution in [1.82, 2.24) is 10.0 Å². The standard InChI is InChI=1S/C19H24N2O3S/c1-4-15(3)21-25(23,24)18-7-5-6-17(12-18)19(22)20-13-16-10-8-14(2)9-11-16/h5-12,15,21H,4,13H2,1-3H3,(H,20,22). The Bertz CT molecular complexity index is 830. The third-order valence-electron chi connectivity index (χ3n) is 3.95. The first-order valence-corrected chi connectivity index (χ1v) is 9.76. The van der Waals surface area contributed by atoms with Gasteiger partial charge in [-0.1, -0.05) is 42.8 Å². The van der Waals surface area contributed by atoms with Crippen LogP contribution < -0.4 is 10.0 Å². The van der Waals surface area contributed by atoms with Gasteiger partial charge in [-0.25, -0.2) is 13.1 Å². The number of aryl methyl sites for hydroxylation is 1. The van der Waals surface area contributed by atoms with E-state index in [0.717, 1.165) is 11.1 Å². The molecule has 1 unspecified atom stereocenters. The van der Waals surface area contributed by atoms with E-state index in [1.807, 2.05) is 38.1 Å². The third kappa shape index (κ3) is 5.41. The van der Waals surface area contributed by atoms with Crippen molar-refractivity contribution in [2.75, 3.05) is 0 Å². The van der Waals surface area contributed by atoms with Gasteiger partial charge in [-0.15, -0.1) is 0 Å². The Balaban J connectivity index is 2.09. The minimum Gasteiger partial charge on any atom is -0.348 e. The van der Waals surface area contributed by atoms with Crippen LogP contribution in [0, 0.1) is 6.92 Å². The van der Waals surface area contributed by atoms with Gasteiger partial charge < -0.3 is 5.32 Å². The number of benzene rings is 2. The third-order valence-corrected chi connectivity index (χ3v) is 5.54. The number of hydrogen-bond donors (Lipinski definition) is 2. The van der Waals surface area contributed by atoms with Crippen LogP contribution in [0.2, 0.25) is 0 Å². The van der Waals surface area contributed by atoms with E-state index in [1.165, 1.54) is 12.1 Å². The number of rotatable bonds is 7. The van der Waals surface area contributed by atoms with Crippen LogP contribution in [0.5, 0.6) is 0 Å². The Morgan fingerprint density at radius 1 is 1.12 bits per heavy atom.